The lowest BCUT2D eigenvalue weighted by atomic mass is 9.88. The van der Waals surface area contributed by atoms with Crippen molar-refractivity contribution in [3.05, 3.63) is 28.2 Å². The van der Waals surface area contributed by atoms with E-state index < -0.39 is 6.09 Å². The Morgan fingerprint density at radius 3 is 2.59 bits per heavy atom. The summed E-state index contributed by atoms with van der Waals surface area (Å²) in [6.07, 6.45) is -0.302. The van der Waals surface area contributed by atoms with E-state index in [9.17, 15) is 14.7 Å². The molecule has 0 aromatic heterocycles. The van der Waals surface area contributed by atoms with Gasteiger partial charge in [0.15, 0.2) is 0 Å². The molecule has 0 fully saturated rings. The van der Waals surface area contributed by atoms with E-state index in [0.29, 0.717) is 13.0 Å². The number of carboxylic acid groups (broad SMARTS) is 1. The summed E-state index contributed by atoms with van der Waals surface area (Å²) in [4.78, 5) is 25.3. The lowest BCUT2D eigenvalue weighted by Crippen LogP contribution is -2.59. The third kappa shape index (κ3) is 2.54. The first-order valence-corrected chi connectivity index (χ1v) is 8.19. The molecule has 0 saturated carbocycles. The zero-order valence-corrected chi connectivity index (χ0v) is 14.9. The Bertz CT molecular complexity index is 619. The summed E-state index contributed by atoms with van der Waals surface area (Å²) < 4.78 is 1.10. The molecular weight excluding hydrogens is 348 g/mol. The number of amides is 2. The fraction of sp³-hybridized carbons (Fsp3) is 0.500. The Labute approximate surface area is 139 Å². The van der Waals surface area contributed by atoms with Crippen LogP contribution in [0.4, 0.5) is 10.5 Å². The van der Waals surface area contributed by atoms with Gasteiger partial charge in [-0.05, 0) is 26.0 Å². The Morgan fingerprint density at radius 1 is 1.45 bits per heavy atom. The Hall–Kier alpha value is -1.40. The number of carbonyl (C=O) groups is 2. The van der Waals surface area contributed by atoms with Crippen LogP contribution in [-0.2, 0) is 4.79 Å². The maximum absolute atomic E-state index is 12.3. The molecule has 1 aliphatic heterocycles. The number of halogens is 1. The van der Waals surface area contributed by atoms with Gasteiger partial charge in [0.1, 0.15) is 5.69 Å². The van der Waals surface area contributed by atoms with Crippen LogP contribution < -0.4 is 4.48 Å². The van der Waals surface area contributed by atoms with Crippen molar-refractivity contribution in [1.29, 1.82) is 0 Å². The molecule has 0 radical (unpaired) electrons. The molecule has 1 aliphatic rings. The van der Waals surface area contributed by atoms with Crippen LogP contribution in [0.15, 0.2) is 22.7 Å². The second kappa shape index (κ2) is 6.01. The van der Waals surface area contributed by atoms with Crippen molar-refractivity contribution in [1.82, 2.24) is 9.38 Å². The topological polar surface area (TPSA) is 57.6 Å². The number of hydrogen-bond donors (Lipinski definition) is 1. The average molecular weight is 370 g/mol. The van der Waals surface area contributed by atoms with Gasteiger partial charge in [-0.25, -0.2) is 14.1 Å². The Balaban J connectivity index is 2.66. The van der Waals surface area contributed by atoms with E-state index in [4.69, 9.17) is 0 Å². The third-order valence-corrected chi connectivity index (χ3v) is 5.40. The van der Waals surface area contributed by atoms with Crippen LogP contribution in [-0.4, -0.2) is 41.6 Å². The fourth-order valence-corrected chi connectivity index (χ4v) is 3.76. The number of fused-ring (bicyclic) bond motifs is 1. The van der Waals surface area contributed by atoms with Crippen LogP contribution >= 0.6 is 15.9 Å². The van der Waals surface area contributed by atoms with Gasteiger partial charge in [-0.15, -0.1) is 0 Å². The van der Waals surface area contributed by atoms with Crippen molar-refractivity contribution >= 4 is 33.6 Å². The summed E-state index contributed by atoms with van der Waals surface area (Å²) in [5, 5.41) is 9.49. The summed E-state index contributed by atoms with van der Waals surface area (Å²) in [6.45, 7) is 5.86. The predicted molar refractivity (Wildman–Crippen MR) is 89.8 cm³/mol. The molecule has 1 heterocycles. The summed E-state index contributed by atoms with van der Waals surface area (Å²) in [5.41, 5.74) is 1.80. The summed E-state index contributed by atoms with van der Waals surface area (Å²) in [7, 11) is 1.91. The van der Waals surface area contributed by atoms with E-state index in [1.165, 1.54) is 4.90 Å². The second-order valence-electron chi connectivity index (χ2n) is 5.97. The molecule has 0 aliphatic carbocycles. The molecule has 1 N–H and O–H groups in total. The van der Waals surface area contributed by atoms with Crippen LogP contribution in [0.5, 0.6) is 0 Å². The van der Waals surface area contributed by atoms with E-state index in [1.807, 2.05) is 39.1 Å². The lowest BCUT2D eigenvalue weighted by Gasteiger charge is -2.45. The number of rotatable bonds is 2. The van der Waals surface area contributed by atoms with Crippen molar-refractivity contribution in [2.75, 3.05) is 13.6 Å². The van der Waals surface area contributed by atoms with Crippen molar-refractivity contribution < 1.29 is 14.7 Å². The number of nitrogens with zero attached hydrogens (tertiary/aromatic N) is 2. The lowest BCUT2D eigenvalue weighted by molar-refractivity contribution is -0.129. The van der Waals surface area contributed by atoms with E-state index in [0.717, 1.165) is 15.7 Å². The number of quaternary nitrogens is 1. The Morgan fingerprint density at radius 2 is 2.09 bits per heavy atom. The zero-order chi connectivity index (χ0) is 16.7. The van der Waals surface area contributed by atoms with Gasteiger partial charge in [-0.2, -0.15) is 0 Å². The van der Waals surface area contributed by atoms with E-state index in [-0.39, 0.29) is 22.5 Å². The highest BCUT2D eigenvalue weighted by molar-refractivity contribution is 9.10. The molecule has 2 amide bonds. The van der Waals surface area contributed by atoms with Crippen LogP contribution in [0.1, 0.15) is 38.8 Å². The molecule has 3 atom stereocenters. The first-order chi connectivity index (χ1) is 10.2. The fourth-order valence-electron chi connectivity index (χ4n) is 3.38. The standard InChI is InChI=1S/C16H21BrN2O3/c1-5-18(16(21)22)14-8-10(2)19(4,11(3)20)15-7-6-12(17)9-13(14)15/h6-7,9-10,14H,5,8H2,1-4H3/p+1. The molecule has 1 aromatic rings. The minimum atomic E-state index is -0.926. The summed E-state index contributed by atoms with van der Waals surface area (Å²) >= 11 is 3.46. The molecule has 5 nitrogen and oxygen atoms in total. The van der Waals surface area contributed by atoms with Gasteiger partial charge >= 0.3 is 12.0 Å². The smallest absolute Gasteiger partial charge is 0.407 e. The van der Waals surface area contributed by atoms with Gasteiger partial charge in [0.05, 0.1) is 26.1 Å². The molecule has 0 spiro atoms. The van der Waals surface area contributed by atoms with Gasteiger partial charge in [-0.3, -0.25) is 0 Å². The van der Waals surface area contributed by atoms with Crippen molar-refractivity contribution in [3.63, 3.8) is 0 Å². The van der Waals surface area contributed by atoms with Gasteiger partial charge in [0.2, 0.25) is 0 Å². The molecule has 3 unspecified atom stereocenters. The predicted octanol–water partition coefficient (Wildman–Crippen LogP) is 3.77. The second-order valence-corrected chi connectivity index (χ2v) is 6.88. The van der Waals surface area contributed by atoms with Crippen molar-refractivity contribution in [3.8, 4) is 0 Å². The molecule has 1 aromatic carbocycles. The molecule has 0 saturated heterocycles. The van der Waals surface area contributed by atoms with E-state index in [1.54, 1.807) is 6.92 Å². The molecule has 6 heteroatoms. The van der Waals surface area contributed by atoms with Gasteiger partial charge in [0, 0.05) is 29.1 Å². The third-order valence-electron chi connectivity index (χ3n) is 4.91. The molecular formula is C16H22BrN2O3+. The maximum Gasteiger partial charge on any atom is 0.407 e. The van der Waals surface area contributed by atoms with Crippen molar-refractivity contribution in [2.24, 2.45) is 0 Å². The van der Waals surface area contributed by atoms with Crippen molar-refractivity contribution in [2.45, 2.75) is 39.3 Å². The largest absolute Gasteiger partial charge is 0.465 e. The van der Waals surface area contributed by atoms with Crippen LogP contribution in [0.3, 0.4) is 0 Å². The van der Waals surface area contributed by atoms with Crippen LogP contribution in [0, 0.1) is 0 Å². The molecule has 22 heavy (non-hydrogen) atoms. The van der Waals surface area contributed by atoms with Gasteiger partial charge in [-0.1, -0.05) is 15.9 Å². The monoisotopic (exact) mass is 369 g/mol. The van der Waals surface area contributed by atoms with Gasteiger partial charge in [0.25, 0.3) is 0 Å². The maximum atomic E-state index is 12.3. The number of carbonyl (C=O) groups excluding carboxylic acids is 1. The Kier molecular flexibility index (Phi) is 4.63. The zero-order valence-electron chi connectivity index (χ0n) is 13.3. The summed E-state index contributed by atoms with van der Waals surface area (Å²) in [5.74, 6) is 0.0629. The van der Waals surface area contributed by atoms with E-state index in [2.05, 4.69) is 15.9 Å². The highest BCUT2D eigenvalue weighted by atomic mass is 79.9. The minimum Gasteiger partial charge on any atom is -0.465 e. The van der Waals surface area contributed by atoms with Crippen LogP contribution in [0.2, 0.25) is 0 Å². The first-order valence-electron chi connectivity index (χ1n) is 7.40. The molecule has 0 bridgehead atoms. The summed E-state index contributed by atoms with van der Waals surface area (Å²) in [6, 6.07) is 5.57. The molecule has 2 rings (SSSR count). The van der Waals surface area contributed by atoms with Gasteiger partial charge < -0.3 is 10.0 Å². The average Bonchev–Trinajstić information content (AvgIpc) is 2.44. The highest BCUT2D eigenvalue weighted by Crippen LogP contribution is 2.45. The quantitative estimate of drug-likeness (QED) is 0.807. The highest BCUT2D eigenvalue weighted by Gasteiger charge is 2.47. The SMILES string of the molecule is CCN(C(=O)O)C1CC(C)[N+](C)(C(C)=O)c2ccc(Br)cc21. The van der Waals surface area contributed by atoms with E-state index >= 15 is 0 Å². The van der Waals surface area contributed by atoms with Crippen LogP contribution in [0.25, 0.3) is 0 Å². The number of hydrogen-bond acceptors (Lipinski definition) is 2. The first kappa shape index (κ1) is 17.0. The number of benzene rings is 1. The minimum absolute atomic E-state index is 0.0181. The normalized spacial score (nSPS) is 27.1. The molecule has 120 valence electrons.